The average Bonchev–Trinajstić information content (AvgIpc) is 2.33. The Morgan fingerprint density at radius 2 is 2.11 bits per heavy atom. The van der Waals surface area contributed by atoms with Crippen LogP contribution in [-0.4, -0.2) is 28.3 Å². The van der Waals surface area contributed by atoms with Crippen molar-refractivity contribution in [1.29, 1.82) is 0 Å². The van der Waals surface area contributed by atoms with Gasteiger partial charge < -0.3 is 10.6 Å². The van der Waals surface area contributed by atoms with Crippen LogP contribution in [0.3, 0.4) is 0 Å². The van der Waals surface area contributed by atoms with Gasteiger partial charge in [-0.1, -0.05) is 30.1 Å². The number of benzene rings is 1. The van der Waals surface area contributed by atoms with Gasteiger partial charge in [-0.2, -0.15) is 0 Å². The molecule has 1 aromatic carbocycles. The van der Waals surface area contributed by atoms with Crippen molar-refractivity contribution in [3.63, 3.8) is 0 Å². The van der Waals surface area contributed by atoms with Crippen molar-refractivity contribution in [3.05, 3.63) is 28.2 Å². The van der Waals surface area contributed by atoms with E-state index >= 15 is 0 Å². The summed E-state index contributed by atoms with van der Waals surface area (Å²) in [5, 5.41) is 6.07. The minimum atomic E-state index is -0.888. The zero-order valence-corrected chi connectivity index (χ0v) is 12.2. The van der Waals surface area contributed by atoms with E-state index in [0.717, 1.165) is 0 Å². The fraction of sp³-hybridized carbons (Fsp3) is 0.364. The number of rotatable bonds is 5. The molecule has 0 aliphatic carbocycles. The molecule has 0 spiro atoms. The Labute approximate surface area is 118 Å². The molecule has 2 amide bonds. The first-order valence-corrected chi connectivity index (χ1v) is 7.62. The highest BCUT2D eigenvalue weighted by Crippen LogP contribution is 2.25. The Hall–Kier alpha value is -0.780. The number of hydrogen-bond donors (Lipinski definition) is 2. The van der Waals surface area contributed by atoms with Crippen LogP contribution in [0.25, 0.3) is 0 Å². The summed E-state index contributed by atoms with van der Waals surface area (Å²) in [5.41, 5.74) is 0.443. The first kappa shape index (κ1) is 15.3. The molecular formula is C11H14Cl2N2O2S. The van der Waals surface area contributed by atoms with E-state index in [-0.39, 0.29) is 0 Å². The molecular weight excluding hydrogens is 295 g/mol. The van der Waals surface area contributed by atoms with Crippen LogP contribution in [0.15, 0.2) is 18.2 Å². The number of urea groups is 1. The van der Waals surface area contributed by atoms with Gasteiger partial charge in [0.15, 0.2) is 0 Å². The Balaban J connectivity index is 2.44. The van der Waals surface area contributed by atoms with Crippen molar-refractivity contribution in [2.75, 3.05) is 23.4 Å². The van der Waals surface area contributed by atoms with Crippen LogP contribution in [0, 0.1) is 0 Å². The van der Waals surface area contributed by atoms with E-state index in [1.807, 2.05) is 6.92 Å². The van der Waals surface area contributed by atoms with E-state index in [9.17, 15) is 9.00 Å². The second-order valence-corrected chi connectivity index (χ2v) is 6.15. The molecule has 1 atom stereocenters. The lowest BCUT2D eigenvalue weighted by atomic mass is 10.3. The second-order valence-electron chi connectivity index (χ2n) is 3.44. The maximum atomic E-state index is 11.5. The molecule has 0 aliphatic rings. The predicted octanol–water partition coefficient (Wildman–Crippen LogP) is 2.88. The summed E-state index contributed by atoms with van der Waals surface area (Å²) in [4.78, 5) is 11.5. The third-order valence-electron chi connectivity index (χ3n) is 2.11. The van der Waals surface area contributed by atoms with E-state index < -0.39 is 16.8 Å². The number of halogens is 2. The molecule has 0 radical (unpaired) electrons. The van der Waals surface area contributed by atoms with Gasteiger partial charge in [0.25, 0.3) is 0 Å². The summed E-state index contributed by atoms with van der Waals surface area (Å²) in [5.74, 6) is 1.02. The standard InChI is InChI=1S/C11H14Cl2N2O2S/c1-2-18(17)6-5-14-11(16)15-10-7-8(12)3-4-9(10)13/h3-4,7H,2,5-6H2,1H3,(H2,14,15,16)/t18-/m0/s1. The predicted molar refractivity (Wildman–Crippen MR) is 77.0 cm³/mol. The monoisotopic (exact) mass is 308 g/mol. The summed E-state index contributed by atoms with van der Waals surface area (Å²) < 4.78 is 11.2. The van der Waals surface area contributed by atoms with Gasteiger partial charge in [-0.05, 0) is 18.2 Å². The molecule has 7 heteroatoms. The molecule has 2 N–H and O–H groups in total. The zero-order chi connectivity index (χ0) is 13.5. The highest BCUT2D eigenvalue weighted by Gasteiger charge is 2.06. The van der Waals surface area contributed by atoms with Crippen molar-refractivity contribution in [3.8, 4) is 0 Å². The second kappa shape index (κ2) is 7.61. The largest absolute Gasteiger partial charge is 0.337 e. The molecule has 0 aromatic heterocycles. The minimum Gasteiger partial charge on any atom is -0.337 e. The Morgan fingerprint density at radius 3 is 2.78 bits per heavy atom. The van der Waals surface area contributed by atoms with Crippen molar-refractivity contribution < 1.29 is 9.00 Å². The lowest BCUT2D eigenvalue weighted by molar-refractivity contribution is 0.252. The molecule has 0 saturated carbocycles. The van der Waals surface area contributed by atoms with Gasteiger partial charge in [0.05, 0.1) is 10.7 Å². The fourth-order valence-electron chi connectivity index (χ4n) is 1.18. The van der Waals surface area contributed by atoms with Gasteiger partial charge in [-0.25, -0.2) is 4.79 Å². The fourth-order valence-corrected chi connectivity index (χ4v) is 2.14. The zero-order valence-electron chi connectivity index (χ0n) is 9.83. The first-order valence-electron chi connectivity index (χ1n) is 5.37. The molecule has 0 heterocycles. The van der Waals surface area contributed by atoms with Crippen LogP contribution in [-0.2, 0) is 10.8 Å². The van der Waals surface area contributed by atoms with Crippen LogP contribution in [0.4, 0.5) is 10.5 Å². The van der Waals surface area contributed by atoms with E-state index in [1.165, 1.54) is 0 Å². The number of amides is 2. The average molecular weight is 309 g/mol. The number of carbonyl (C=O) groups excluding carboxylic acids is 1. The van der Waals surface area contributed by atoms with Gasteiger partial charge in [-0.3, -0.25) is 4.21 Å². The molecule has 0 saturated heterocycles. The van der Waals surface area contributed by atoms with E-state index in [0.29, 0.717) is 33.8 Å². The molecule has 1 rings (SSSR count). The van der Waals surface area contributed by atoms with Gasteiger partial charge in [0.1, 0.15) is 0 Å². The normalized spacial score (nSPS) is 11.9. The van der Waals surface area contributed by atoms with Crippen LogP contribution >= 0.6 is 23.2 Å². The van der Waals surface area contributed by atoms with Crippen LogP contribution in [0.5, 0.6) is 0 Å². The SMILES string of the molecule is CC[S@](=O)CCNC(=O)Nc1cc(Cl)ccc1Cl. The first-order chi connectivity index (χ1) is 8.52. The van der Waals surface area contributed by atoms with Crippen molar-refractivity contribution >= 4 is 45.7 Å². The highest BCUT2D eigenvalue weighted by atomic mass is 35.5. The number of hydrogen-bond acceptors (Lipinski definition) is 2. The summed E-state index contributed by atoms with van der Waals surface area (Å²) in [7, 11) is -0.888. The van der Waals surface area contributed by atoms with Crippen LogP contribution in [0.1, 0.15) is 6.92 Å². The molecule has 100 valence electrons. The van der Waals surface area contributed by atoms with Crippen molar-refractivity contribution in [1.82, 2.24) is 5.32 Å². The molecule has 4 nitrogen and oxygen atoms in total. The van der Waals surface area contributed by atoms with Gasteiger partial charge in [-0.15, -0.1) is 0 Å². The van der Waals surface area contributed by atoms with Crippen molar-refractivity contribution in [2.45, 2.75) is 6.92 Å². The van der Waals surface area contributed by atoms with Gasteiger partial charge in [0, 0.05) is 33.9 Å². The number of nitrogens with one attached hydrogen (secondary N) is 2. The van der Waals surface area contributed by atoms with Gasteiger partial charge >= 0.3 is 6.03 Å². The molecule has 0 bridgehead atoms. The minimum absolute atomic E-state index is 0.352. The van der Waals surface area contributed by atoms with E-state index in [4.69, 9.17) is 23.2 Å². The molecule has 18 heavy (non-hydrogen) atoms. The van der Waals surface area contributed by atoms with E-state index in [2.05, 4.69) is 10.6 Å². The quantitative estimate of drug-likeness (QED) is 0.878. The highest BCUT2D eigenvalue weighted by molar-refractivity contribution is 7.84. The lowest BCUT2D eigenvalue weighted by Gasteiger charge is -2.09. The summed E-state index contributed by atoms with van der Waals surface area (Å²) in [6.45, 7) is 2.19. The maximum Gasteiger partial charge on any atom is 0.319 e. The summed E-state index contributed by atoms with van der Waals surface area (Å²) in [6, 6.07) is 4.41. The lowest BCUT2D eigenvalue weighted by Crippen LogP contribution is -2.32. The summed E-state index contributed by atoms with van der Waals surface area (Å²) >= 11 is 11.7. The third-order valence-corrected chi connectivity index (χ3v) is 3.98. The molecule has 1 aromatic rings. The molecule has 0 aliphatic heterocycles. The number of carbonyl (C=O) groups is 1. The van der Waals surface area contributed by atoms with Gasteiger partial charge in [0.2, 0.25) is 0 Å². The topological polar surface area (TPSA) is 58.2 Å². The molecule has 0 unspecified atom stereocenters. The van der Waals surface area contributed by atoms with Crippen LogP contribution in [0.2, 0.25) is 10.0 Å². The molecule has 0 fully saturated rings. The Morgan fingerprint density at radius 1 is 1.39 bits per heavy atom. The number of anilines is 1. The third kappa shape index (κ3) is 5.25. The maximum absolute atomic E-state index is 11.5. The van der Waals surface area contributed by atoms with Crippen molar-refractivity contribution in [2.24, 2.45) is 0 Å². The summed E-state index contributed by atoms with van der Waals surface area (Å²) in [6.07, 6.45) is 0. The smallest absolute Gasteiger partial charge is 0.319 e. The Kier molecular flexibility index (Phi) is 6.46. The van der Waals surface area contributed by atoms with Crippen LogP contribution < -0.4 is 10.6 Å². The van der Waals surface area contributed by atoms with E-state index in [1.54, 1.807) is 18.2 Å². The Bertz CT molecular complexity index is 455.